The molecule has 0 fully saturated rings. The third-order valence-corrected chi connectivity index (χ3v) is 3.25. The number of anilines is 1. The smallest absolute Gasteiger partial charge is 0.123 e. The zero-order valence-corrected chi connectivity index (χ0v) is 10.9. The molecule has 0 bridgehead atoms. The summed E-state index contributed by atoms with van der Waals surface area (Å²) < 4.78 is 0. The molecule has 0 spiro atoms. The minimum Gasteiger partial charge on any atom is -0.384 e. The van der Waals surface area contributed by atoms with Gasteiger partial charge in [-0.05, 0) is 28.8 Å². The van der Waals surface area contributed by atoms with Crippen molar-refractivity contribution in [2.24, 2.45) is 0 Å². The number of hydrogen-bond donors (Lipinski definition) is 1. The second kappa shape index (κ2) is 4.65. The van der Waals surface area contributed by atoms with Crippen LogP contribution >= 0.6 is 0 Å². The molecule has 92 valence electrons. The van der Waals surface area contributed by atoms with Crippen LogP contribution in [0.3, 0.4) is 0 Å². The van der Waals surface area contributed by atoms with Crippen LogP contribution in [-0.4, -0.2) is 4.98 Å². The van der Waals surface area contributed by atoms with E-state index < -0.39 is 0 Å². The second-order valence-corrected chi connectivity index (χ2v) is 4.97. The molecule has 1 aromatic carbocycles. The SMILES string of the molecule is C=CC(C)(C)c1ccc(-c2ccnc(N)c2)cc1. The van der Waals surface area contributed by atoms with Gasteiger partial charge in [0.05, 0.1) is 0 Å². The van der Waals surface area contributed by atoms with E-state index in [-0.39, 0.29) is 5.41 Å². The zero-order chi connectivity index (χ0) is 13.2. The number of nitrogens with zero attached hydrogens (tertiary/aromatic N) is 1. The van der Waals surface area contributed by atoms with Crippen LogP contribution in [0.4, 0.5) is 5.82 Å². The van der Waals surface area contributed by atoms with Gasteiger partial charge < -0.3 is 5.73 Å². The van der Waals surface area contributed by atoms with Crippen molar-refractivity contribution in [2.45, 2.75) is 19.3 Å². The lowest BCUT2D eigenvalue weighted by atomic mass is 9.84. The Morgan fingerprint density at radius 3 is 2.33 bits per heavy atom. The van der Waals surface area contributed by atoms with Crippen molar-refractivity contribution in [2.75, 3.05) is 5.73 Å². The fraction of sp³-hybridized carbons (Fsp3) is 0.188. The highest BCUT2D eigenvalue weighted by molar-refractivity contribution is 5.66. The van der Waals surface area contributed by atoms with Gasteiger partial charge in [-0.1, -0.05) is 44.2 Å². The van der Waals surface area contributed by atoms with Crippen LogP contribution < -0.4 is 5.73 Å². The molecule has 0 saturated carbocycles. The van der Waals surface area contributed by atoms with Gasteiger partial charge >= 0.3 is 0 Å². The van der Waals surface area contributed by atoms with E-state index >= 15 is 0 Å². The molecule has 0 aliphatic rings. The molecule has 2 aromatic rings. The molecular weight excluding hydrogens is 220 g/mol. The number of allylic oxidation sites excluding steroid dienone is 1. The molecule has 0 amide bonds. The van der Waals surface area contributed by atoms with E-state index in [9.17, 15) is 0 Å². The van der Waals surface area contributed by atoms with E-state index in [1.54, 1.807) is 6.20 Å². The number of benzene rings is 1. The van der Waals surface area contributed by atoms with Crippen LogP contribution in [0.15, 0.2) is 55.3 Å². The van der Waals surface area contributed by atoms with E-state index in [2.05, 4.69) is 49.7 Å². The summed E-state index contributed by atoms with van der Waals surface area (Å²) in [5.41, 5.74) is 9.18. The lowest BCUT2D eigenvalue weighted by molar-refractivity contribution is 0.672. The summed E-state index contributed by atoms with van der Waals surface area (Å²) in [6, 6.07) is 12.3. The van der Waals surface area contributed by atoms with Gasteiger partial charge in [-0.3, -0.25) is 0 Å². The van der Waals surface area contributed by atoms with Gasteiger partial charge in [0.15, 0.2) is 0 Å². The Bertz CT molecular complexity index is 554. The van der Waals surface area contributed by atoms with Gasteiger partial charge in [0.1, 0.15) is 5.82 Å². The lowest BCUT2D eigenvalue weighted by Crippen LogP contribution is -2.12. The number of nitrogen functional groups attached to an aromatic ring is 1. The molecular formula is C16H18N2. The predicted octanol–water partition coefficient (Wildman–Crippen LogP) is 3.79. The fourth-order valence-corrected chi connectivity index (χ4v) is 1.84. The van der Waals surface area contributed by atoms with Gasteiger partial charge in [0, 0.05) is 11.6 Å². The van der Waals surface area contributed by atoms with Gasteiger partial charge in [0.2, 0.25) is 0 Å². The zero-order valence-electron chi connectivity index (χ0n) is 10.9. The summed E-state index contributed by atoms with van der Waals surface area (Å²) in [6.45, 7) is 8.18. The standard InChI is InChI=1S/C16H18N2/c1-4-16(2,3)14-7-5-12(6-8-14)13-9-10-18-15(17)11-13/h4-11H,1H2,2-3H3,(H2,17,18). The largest absolute Gasteiger partial charge is 0.384 e. The summed E-state index contributed by atoms with van der Waals surface area (Å²) >= 11 is 0. The third kappa shape index (κ3) is 2.43. The fourth-order valence-electron chi connectivity index (χ4n) is 1.84. The van der Waals surface area contributed by atoms with E-state index in [1.165, 1.54) is 5.56 Å². The van der Waals surface area contributed by atoms with Crippen molar-refractivity contribution in [3.05, 3.63) is 60.8 Å². The van der Waals surface area contributed by atoms with Crippen LogP contribution in [0.1, 0.15) is 19.4 Å². The first-order chi connectivity index (χ1) is 8.53. The van der Waals surface area contributed by atoms with E-state index in [0.717, 1.165) is 11.1 Å². The monoisotopic (exact) mass is 238 g/mol. The van der Waals surface area contributed by atoms with Gasteiger partial charge in [-0.15, -0.1) is 6.58 Å². The molecule has 0 aliphatic heterocycles. The molecule has 1 aromatic heterocycles. The number of hydrogen-bond acceptors (Lipinski definition) is 2. The molecule has 2 rings (SSSR count). The van der Waals surface area contributed by atoms with E-state index in [0.29, 0.717) is 5.82 Å². The Hall–Kier alpha value is -2.09. The maximum atomic E-state index is 5.69. The quantitative estimate of drug-likeness (QED) is 0.826. The van der Waals surface area contributed by atoms with Crippen LogP contribution in [0, 0.1) is 0 Å². The summed E-state index contributed by atoms with van der Waals surface area (Å²) in [7, 11) is 0. The molecule has 2 heteroatoms. The summed E-state index contributed by atoms with van der Waals surface area (Å²) in [4.78, 5) is 4.00. The average Bonchev–Trinajstić information content (AvgIpc) is 2.39. The normalized spacial score (nSPS) is 11.2. The molecule has 0 atom stereocenters. The highest BCUT2D eigenvalue weighted by Gasteiger charge is 2.15. The first-order valence-corrected chi connectivity index (χ1v) is 5.99. The number of nitrogens with two attached hydrogens (primary N) is 1. The Morgan fingerprint density at radius 2 is 1.78 bits per heavy atom. The molecule has 0 aliphatic carbocycles. The van der Waals surface area contributed by atoms with Gasteiger partial charge in [-0.2, -0.15) is 0 Å². The lowest BCUT2D eigenvalue weighted by Gasteiger charge is -2.20. The number of aromatic nitrogens is 1. The Labute approximate surface area is 108 Å². The molecule has 0 unspecified atom stereocenters. The van der Waals surface area contributed by atoms with Crippen LogP contribution in [-0.2, 0) is 5.41 Å². The first-order valence-electron chi connectivity index (χ1n) is 5.99. The van der Waals surface area contributed by atoms with Crippen molar-refractivity contribution >= 4 is 5.82 Å². The van der Waals surface area contributed by atoms with Crippen LogP contribution in [0.25, 0.3) is 11.1 Å². The van der Waals surface area contributed by atoms with Crippen molar-refractivity contribution in [3.8, 4) is 11.1 Å². The van der Waals surface area contributed by atoms with Crippen molar-refractivity contribution in [3.63, 3.8) is 0 Å². The molecule has 2 N–H and O–H groups in total. The van der Waals surface area contributed by atoms with Crippen molar-refractivity contribution in [1.29, 1.82) is 0 Å². The molecule has 0 saturated heterocycles. The highest BCUT2D eigenvalue weighted by Crippen LogP contribution is 2.27. The second-order valence-electron chi connectivity index (χ2n) is 4.97. The average molecular weight is 238 g/mol. The maximum absolute atomic E-state index is 5.69. The molecule has 18 heavy (non-hydrogen) atoms. The molecule has 0 radical (unpaired) electrons. The first kappa shape index (κ1) is 12.4. The topological polar surface area (TPSA) is 38.9 Å². The summed E-state index contributed by atoms with van der Waals surface area (Å²) in [5.74, 6) is 0.544. The number of rotatable bonds is 3. The van der Waals surface area contributed by atoms with E-state index in [1.807, 2.05) is 18.2 Å². The molecule has 1 heterocycles. The van der Waals surface area contributed by atoms with Crippen molar-refractivity contribution in [1.82, 2.24) is 4.98 Å². The number of pyridine rings is 1. The minimum absolute atomic E-state index is 0.00417. The highest BCUT2D eigenvalue weighted by atomic mass is 14.8. The van der Waals surface area contributed by atoms with Crippen molar-refractivity contribution < 1.29 is 0 Å². The predicted molar refractivity (Wildman–Crippen MR) is 77.3 cm³/mol. The Morgan fingerprint density at radius 1 is 1.11 bits per heavy atom. The van der Waals surface area contributed by atoms with E-state index in [4.69, 9.17) is 5.73 Å². The third-order valence-electron chi connectivity index (χ3n) is 3.25. The Kier molecular flexibility index (Phi) is 3.19. The molecule has 2 nitrogen and oxygen atoms in total. The minimum atomic E-state index is -0.00417. The van der Waals surface area contributed by atoms with Crippen LogP contribution in [0.2, 0.25) is 0 Å². The summed E-state index contributed by atoms with van der Waals surface area (Å²) in [6.07, 6.45) is 3.69. The van der Waals surface area contributed by atoms with Gasteiger partial charge in [0.25, 0.3) is 0 Å². The Balaban J connectivity index is 2.36. The maximum Gasteiger partial charge on any atom is 0.123 e. The van der Waals surface area contributed by atoms with Crippen LogP contribution in [0.5, 0.6) is 0 Å². The van der Waals surface area contributed by atoms with Gasteiger partial charge in [-0.25, -0.2) is 4.98 Å². The summed E-state index contributed by atoms with van der Waals surface area (Å²) in [5, 5.41) is 0.